The minimum Gasteiger partial charge on any atom is -1.00 e. The number of fused-ring (bicyclic) bond motifs is 2. The number of nitrogens with zero attached hydrogens (tertiary/aromatic N) is 4. The van der Waals surface area contributed by atoms with Gasteiger partial charge in [0.15, 0.2) is 16.6 Å². The van der Waals surface area contributed by atoms with Gasteiger partial charge in [-0.25, -0.2) is 13.4 Å². The maximum absolute atomic E-state index is 13.7. The van der Waals surface area contributed by atoms with Gasteiger partial charge in [0.25, 0.3) is 15.9 Å². The van der Waals surface area contributed by atoms with E-state index in [4.69, 9.17) is 14.5 Å². The second kappa shape index (κ2) is 11.8. The van der Waals surface area contributed by atoms with Crippen LogP contribution in [0.4, 0.5) is 10.8 Å². The van der Waals surface area contributed by atoms with Crippen molar-refractivity contribution in [2.45, 2.75) is 4.90 Å². The first-order valence-corrected chi connectivity index (χ1v) is 14.3. The van der Waals surface area contributed by atoms with Gasteiger partial charge in [0.1, 0.15) is 13.2 Å². The average molecular weight is 588 g/mol. The first-order valence-electron chi connectivity index (χ1n) is 12.0. The van der Waals surface area contributed by atoms with Gasteiger partial charge >= 0.3 is 0 Å². The van der Waals surface area contributed by atoms with Crippen molar-refractivity contribution in [1.82, 2.24) is 9.88 Å². The quantitative estimate of drug-likeness (QED) is 0.305. The van der Waals surface area contributed by atoms with E-state index in [0.29, 0.717) is 54.2 Å². The Balaban J connectivity index is 0.00000353. The number of benzene rings is 3. The second-order valence-electron chi connectivity index (χ2n) is 9.05. The van der Waals surface area contributed by atoms with Crippen LogP contribution in [0.5, 0.6) is 11.5 Å². The highest BCUT2D eigenvalue weighted by Gasteiger charge is 2.25. The molecule has 1 aromatic heterocycles. The highest BCUT2D eigenvalue weighted by Crippen LogP contribution is 2.39. The van der Waals surface area contributed by atoms with Crippen molar-refractivity contribution in [2.75, 3.05) is 56.7 Å². The maximum Gasteiger partial charge on any atom is 0.264 e. The molecule has 0 spiro atoms. The Morgan fingerprint density at radius 1 is 0.923 bits per heavy atom. The number of hydrogen-bond donors (Lipinski definition) is 0. The number of anilines is 2. The molecule has 0 atom stereocenters. The third-order valence-corrected chi connectivity index (χ3v) is 9.01. The molecule has 0 saturated carbocycles. The molecule has 0 aliphatic carbocycles. The summed E-state index contributed by atoms with van der Waals surface area (Å²) in [7, 11) is 1.60. The van der Waals surface area contributed by atoms with Gasteiger partial charge in [-0.05, 0) is 50.5 Å². The van der Waals surface area contributed by atoms with Crippen LogP contribution >= 0.6 is 11.3 Å². The topological polar surface area (TPSA) is 92.3 Å². The molecule has 1 aliphatic heterocycles. The van der Waals surface area contributed by atoms with Crippen molar-refractivity contribution in [2.24, 2.45) is 0 Å². The zero-order chi connectivity index (χ0) is 26.9. The highest BCUT2D eigenvalue weighted by molar-refractivity contribution is 7.92. The number of amides is 1. The van der Waals surface area contributed by atoms with Crippen molar-refractivity contribution in [3.05, 3.63) is 72.3 Å². The number of carbonyl (C=O) groups excluding carboxylic acids is 1. The monoisotopic (exact) mass is 587 g/mol. The van der Waals surface area contributed by atoms with E-state index in [9.17, 15) is 13.2 Å². The van der Waals surface area contributed by atoms with Crippen molar-refractivity contribution in [3.63, 3.8) is 0 Å². The van der Waals surface area contributed by atoms with Crippen LogP contribution in [0.2, 0.25) is 0 Å². The molecule has 0 unspecified atom stereocenters. The van der Waals surface area contributed by atoms with E-state index in [-0.39, 0.29) is 23.2 Å². The molecule has 1 aliphatic rings. The van der Waals surface area contributed by atoms with Crippen LogP contribution in [-0.4, -0.2) is 71.7 Å². The lowest BCUT2D eigenvalue weighted by atomic mass is 10.2. The summed E-state index contributed by atoms with van der Waals surface area (Å²) >= 11 is 1.40. The first kappa shape index (κ1) is 28.6. The van der Waals surface area contributed by atoms with Crippen molar-refractivity contribution >= 4 is 48.3 Å². The lowest BCUT2D eigenvalue weighted by molar-refractivity contribution is -0.0000182. The Hall–Kier alpha value is -3.38. The molecule has 0 radical (unpaired) electrons. The third-order valence-electron chi connectivity index (χ3n) is 6.17. The van der Waals surface area contributed by atoms with E-state index in [1.54, 1.807) is 41.3 Å². The molecule has 0 saturated heterocycles. The lowest BCUT2D eigenvalue weighted by Gasteiger charge is -2.22. The molecule has 0 N–H and O–H groups in total. The highest BCUT2D eigenvalue weighted by atomic mass is 35.5. The Morgan fingerprint density at radius 3 is 2.21 bits per heavy atom. The average Bonchev–Trinajstić information content (AvgIpc) is 3.34. The molecule has 4 aromatic rings. The van der Waals surface area contributed by atoms with Crippen LogP contribution < -0.4 is 31.1 Å². The molecule has 9 nitrogen and oxygen atoms in total. The van der Waals surface area contributed by atoms with Crippen LogP contribution in [0.3, 0.4) is 0 Å². The number of aromatic nitrogens is 1. The molecular formula is C27H28ClN4O5S2-. The van der Waals surface area contributed by atoms with E-state index in [1.807, 2.05) is 37.2 Å². The van der Waals surface area contributed by atoms with Crippen molar-refractivity contribution in [1.29, 1.82) is 0 Å². The van der Waals surface area contributed by atoms with Gasteiger partial charge in [0.05, 0.1) is 20.8 Å². The minimum absolute atomic E-state index is 0. The SMILES string of the molecule is CN(C)CCN(C(=O)c1ccc(S(=O)(=O)N(C)c2ccccc2)cc1)c1nc2cc3c(cc2s1)OCCO3.[Cl-]. The maximum atomic E-state index is 13.7. The number of carbonyl (C=O) groups is 1. The number of sulfonamides is 1. The van der Waals surface area contributed by atoms with Crippen LogP contribution in [0.25, 0.3) is 10.2 Å². The van der Waals surface area contributed by atoms with E-state index < -0.39 is 10.0 Å². The second-order valence-corrected chi connectivity index (χ2v) is 12.0. The summed E-state index contributed by atoms with van der Waals surface area (Å²) in [6.07, 6.45) is 0. The van der Waals surface area contributed by atoms with Crippen LogP contribution in [0.1, 0.15) is 10.4 Å². The molecule has 0 fully saturated rings. The van der Waals surface area contributed by atoms with Crippen LogP contribution in [-0.2, 0) is 10.0 Å². The summed E-state index contributed by atoms with van der Waals surface area (Å²) in [5, 5.41) is 0.551. The summed E-state index contributed by atoms with van der Waals surface area (Å²) in [6.45, 7) is 2.01. The summed E-state index contributed by atoms with van der Waals surface area (Å²) in [6, 6.07) is 18.6. The van der Waals surface area contributed by atoms with E-state index in [2.05, 4.69) is 0 Å². The van der Waals surface area contributed by atoms with Crippen LogP contribution in [0, 0.1) is 0 Å². The number of para-hydroxylation sites is 1. The fraction of sp³-hybridized carbons (Fsp3) is 0.259. The standard InChI is InChI=1S/C27H28N4O5S2.ClH/c1-29(2)13-14-31(27-28-22-17-23-24(18-25(22)37-27)36-16-15-35-23)26(32)19-9-11-21(12-10-19)38(33,34)30(3)20-7-5-4-6-8-20;/h4-12,17-18H,13-16H2,1-3H3;1H/p-1. The number of hydrogen-bond acceptors (Lipinski definition) is 8. The molecule has 39 heavy (non-hydrogen) atoms. The first-order chi connectivity index (χ1) is 18.2. The molecule has 2 heterocycles. The number of likely N-dealkylation sites (N-methyl/N-ethyl adjacent to an activating group) is 1. The number of thiazole rings is 1. The van der Waals surface area contributed by atoms with Gasteiger partial charge in [-0.2, -0.15) is 0 Å². The normalized spacial score (nSPS) is 12.7. The van der Waals surface area contributed by atoms with Crippen molar-refractivity contribution < 1.29 is 35.1 Å². The van der Waals surface area contributed by atoms with E-state index in [0.717, 1.165) is 10.2 Å². The smallest absolute Gasteiger partial charge is 0.264 e. The van der Waals surface area contributed by atoms with Crippen LogP contribution in [0.15, 0.2) is 71.6 Å². The van der Waals surface area contributed by atoms with Gasteiger partial charge in [-0.15, -0.1) is 0 Å². The Morgan fingerprint density at radius 2 is 1.56 bits per heavy atom. The van der Waals surface area contributed by atoms with E-state index >= 15 is 0 Å². The Labute approximate surface area is 238 Å². The largest absolute Gasteiger partial charge is 1.00 e. The third kappa shape index (κ3) is 5.96. The van der Waals surface area contributed by atoms with Gasteiger partial charge < -0.3 is 26.8 Å². The molecule has 5 rings (SSSR count). The number of halogens is 1. The summed E-state index contributed by atoms with van der Waals surface area (Å²) < 4.78 is 39.8. The van der Waals surface area contributed by atoms with E-state index in [1.165, 1.54) is 34.8 Å². The fourth-order valence-corrected chi connectivity index (χ4v) is 6.21. The lowest BCUT2D eigenvalue weighted by Crippen LogP contribution is -3.00. The van der Waals surface area contributed by atoms with Gasteiger partial charge in [-0.3, -0.25) is 14.0 Å². The predicted octanol–water partition coefficient (Wildman–Crippen LogP) is 1.10. The predicted molar refractivity (Wildman–Crippen MR) is 149 cm³/mol. The molecular weight excluding hydrogens is 560 g/mol. The zero-order valence-electron chi connectivity index (χ0n) is 21.7. The Kier molecular flexibility index (Phi) is 8.65. The summed E-state index contributed by atoms with van der Waals surface area (Å²) in [5.41, 5.74) is 1.65. The number of rotatable bonds is 8. The van der Waals surface area contributed by atoms with Gasteiger partial charge in [0.2, 0.25) is 0 Å². The summed E-state index contributed by atoms with van der Waals surface area (Å²) in [4.78, 5) is 22.1. The van der Waals surface area contributed by atoms with Gasteiger partial charge in [-0.1, -0.05) is 29.5 Å². The fourth-order valence-electron chi connectivity index (χ4n) is 4.01. The van der Waals surface area contributed by atoms with Crippen molar-refractivity contribution in [3.8, 4) is 11.5 Å². The minimum atomic E-state index is -3.79. The summed E-state index contributed by atoms with van der Waals surface area (Å²) in [5.74, 6) is 1.05. The Bertz CT molecular complexity index is 1520. The number of ether oxygens (including phenoxy) is 2. The molecule has 206 valence electrons. The molecule has 12 heteroatoms. The molecule has 1 amide bonds. The molecule has 3 aromatic carbocycles. The zero-order valence-corrected chi connectivity index (χ0v) is 24.1. The van der Waals surface area contributed by atoms with Gasteiger partial charge in [0, 0.05) is 37.8 Å². The molecule has 0 bridgehead atoms.